The van der Waals surface area contributed by atoms with E-state index in [2.05, 4.69) is 15.9 Å². The quantitative estimate of drug-likeness (QED) is 0.865. The highest BCUT2D eigenvalue weighted by molar-refractivity contribution is 9.11. The zero-order valence-corrected chi connectivity index (χ0v) is 15.1. The van der Waals surface area contributed by atoms with Crippen molar-refractivity contribution in [2.75, 3.05) is 7.05 Å². The van der Waals surface area contributed by atoms with E-state index in [4.69, 9.17) is 5.73 Å². The van der Waals surface area contributed by atoms with Gasteiger partial charge < -0.3 is 10.6 Å². The second-order valence-electron chi connectivity index (χ2n) is 4.94. The molecular weight excluding hydrogens is 372 g/mol. The molecule has 0 spiro atoms. The van der Waals surface area contributed by atoms with Crippen LogP contribution in [0.4, 0.5) is 0 Å². The second kappa shape index (κ2) is 7.40. The molecular formula is C15H18BrClN2OS. The average molecular weight is 390 g/mol. The lowest BCUT2D eigenvalue weighted by molar-refractivity contribution is -0.135. The van der Waals surface area contributed by atoms with Crippen molar-refractivity contribution >= 4 is 45.6 Å². The molecule has 114 valence electrons. The van der Waals surface area contributed by atoms with Gasteiger partial charge in [-0.1, -0.05) is 30.3 Å². The topological polar surface area (TPSA) is 46.3 Å². The zero-order chi connectivity index (χ0) is 14.8. The van der Waals surface area contributed by atoms with E-state index in [1.165, 1.54) is 0 Å². The molecule has 2 N–H and O–H groups in total. The van der Waals surface area contributed by atoms with Crippen molar-refractivity contribution in [2.45, 2.75) is 19.0 Å². The SMILES string of the molecule is CN(Cc1ccc(Br)s1)C(=O)C(C)(N)c1ccccc1.Cl. The Morgan fingerprint density at radius 3 is 2.43 bits per heavy atom. The van der Waals surface area contributed by atoms with E-state index in [9.17, 15) is 4.79 Å². The number of likely N-dealkylation sites (N-methyl/N-ethyl adjacent to an activating group) is 1. The van der Waals surface area contributed by atoms with Crippen molar-refractivity contribution in [2.24, 2.45) is 5.73 Å². The van der Waals surface area contributed by atoms with Crippen LogP contribution >= 0.6 is 39.7 Å². The average Bonchev–Trinajstić information content (AvgIpc) is 2.84. The third-order valence-electron chi connectivity index (χ3n) is 3.19. The van der Waals surface area contributed by atoms with Gasteiger partial charge in [0, 0.05) is 11.9 Å². The van der Waals surface area contributed by atoms with Gasteiger partial charge in [0.2, 0.25) is 5.91 Å². The summed E-state index contributed by atoms with van der Waals surface area (Å²) < 4.78 is 1.06. The summed E-state index contributed by atoms with van der Waals surface area (Å²) in [6, 6.07) is 13.5. The predicted octanol–water partition coefficient (Wildman–Crippen LogP) is 3.76. The predicted molar refractivity (Wildman–Crippen MR) is 93.7 cm³/mol. The third kappa shape index (κ3) is 4.30. The van der Waals surface area contributed by atoms with Crippen LogP contribution in [-0.4, -0.2) is 17.9 Å². The lowest BCUT2D eigenvalue weighted by Gasteiger charge is -2.29. The molecule has 1 unspecified atom stereocenters. The van der Waals surface area contributed by atoms with Crippen molar-refractivity contribution in [3.63, 3.8) is 0 Å². The first-order valence-corrected chi connectivity index (χ1v) is 7.86. The number of carbonyl (C=O) groups is 1. The molecule has 1 amide bonds. The van der Waals surface area contributed by atoms with Crippen LogP contribution in [0.5, 0.6) is 0 Å². The number of hydrogen-bond donors (Lipinski definition) is 1. The number of nitrogens with zero attached hydrogens (tertiary/aromatic N) is 1. The van der Waals surface area contributed by atoms with Crippen LogP contribution in [0.25, 0.3) is 0 Å². The molecule has 1 aromatic heterocycles. The summed E-state index contributed by atoms with van der Waals surface area (Å²) in [5.41, 5.74) is 6.06. The lowest BCUT2D eigenvalue weighted by atomic mass is 9.92. The lowest BCUT2D eigenvalue weighted by Crippen LogP contribution is -2.49. The standard InChI is InChI=1S/C15H17BrN2OS.ClH/c1-15(17,11-6-4-3-5-7-11)14(19)18(2)10-12-8-9-13(16)20-12;/h3-9H,10,17H2,1-2H3;1H. The zero-order valence-electron chi connectivity index (χ0n) is 11.9. The minimum atomic E-state index is -1.01. The van der Waals surface area contributed by atoms with E-state index in [-0.39, 0.29) is 18.3 Å². The number of benzene rings is 1. The molecule has 0 aliphatic heterocycles. The monoisotopic (exact) mass is 388 g/mol. The molecule has 0 saturated carbocycles. The van der Waals surface area contributed by atoms with Crippen LogP contribution in [-0.2, 0) is 16.9 Å². The van der Waals surface area contributed by atoms with Crippen LogP contribution in [0.1, 0.15) is 17.4 Å². The van der Waals surface area contributed by atoms with Crippen molar-refractivity contribution in [3.8, 4) is 0 Å². The summed E-state index contributed by atoms with van der Waals surface area (Å²) >= 11 is 5.05. The molecule has 0 saturated heterocycles. The van der Waals surface area contributed by atoms with Crippen LogP contribution < -0.4 is 5.73 Å². The Hall–Kier alpha value is -0.880. The summed E-state index contributed by atoms with van der Waals surface area (Å²) in [6.07, 6.45) is 0. The number of rotatable bonds is 4. The smallest absolute Gasteiger partial charge is 0.247 e. The molecule has 0 fully saturated rings. The van der Waals surface area contributed by atoms with Crippen LogP contribution in [0.15, 0.2) is 46.3 Å². The Labute approximate surface area is 143 Å². The first-order valence-electron chi connectivity index (χ1n) is 6.25. The maximum Gasteiger partial charge on any atom is 0.247 e. The highest BCUT2D eigenvalue weighted by Crippen LogP contribution is 2.25. The molecule has 2 rings (SSSR count). The fourth-order valence-electron chi connectivity index (χ4n) is 2.05. The number of halogens is 2. The first kappa shape index (κ1) is 18.2. The fourth-order valence-corrected chi connectivity index (χ4v) is 3.58. The van der Waals surface area contributed by atoms with E-state index in [1.54, 1.807) is 30.2 Å². The summed E-state index contributed by atoms with van der Waals surface area (Å²) in [5, 5.41) is 0. The molecule has 0 bridgehead atoms. The molecule has 21 heavy (non-hydrogen) atoms. The van der Waals surface area contributed by atoms with Gasteiger partial charge in [-0.25, -0.2) is 0 Å². The molecule has 0 radical (unpaired) electrons. The van der Waals surface area contributed by atoms with Gasteiger partial charge in [-0.3, -0.25) is 4.79 Å². The summed E-state index contributed by atoms with van der Waals surface area (Å²) in [6.45, 7) is 2.32. The van der Waals surface area contributed by atoms with Gasteiger partial charge in [0.15, 0.2) is 0 Å². The molecule has 2 aromatic rings. The minimum absolute atomic E-state index is 0. The highest BCUT2D eigenvalue weighted by Gasteiger charge is 2.33. The Morgan fingerprint density at radius 1 is 1.29 bits per heavy atom. The van der Waals surface area contributed by atoms with E-state index in [0.29, 0.717) is 6.54 Å². The number of carbonyl (C=O) groups excluding carboxylic acids is 1. The molecule has 3 nitrogen and oxygen atoms in total. The second-order valence-corrected chi connectivity index (χ2v) is 7.48. The fraction of sp³-hybridized carbons (Fsp3) is 0.267. The number of thiophene rings is 1. The van der Waals surface area contributed by atoms with Crippen LogP contribution in [0, 0.1) is 0 Å². The van der Waals surface area contributed by atoms with Gasteiger partial charge in [0.05, 0.1) is 10.3 Å². The van der Waals surface area contributed by atoms with E-state index < -0.39 is 5.54 Å². The Balaban J connectivity index is 0.00000220. The molecule has 1 aromatic carbocycles. The molecule has 1 atom stereocenters. The first-order chi connectivity index (χ1) is 9.41. The van der Waals surface area contributed by atoms with Crippen molar-refractivity contribution < 1.29 is 4.79 Å². The van der Waals surface area contributed by atoms with Crippen LogP contribution in [0.2, 0.25) is 0 Å². The van der Waals surface area contributed by atoms with Crippen molar-refractivity contribution in [3.05, 3.63) is 56.7 Å². The molecule has 1 heterocycles. The molecule has 0 aliphatic rings. The van der Waals surface area contributed by atoms with Gasteiger partial charge in [-0.2, -0.15) is 0 Å². The third-order valence-corrected chi connectivity index (χ3v) is 4.79. The Kier molecular flexibility index (Phi) is 6.41. The van der Waals surface area contributed by atoms with Gasteiger partial charge >= 0.3 is 0 Å². The minimum Gasteiger partial charge on any atom is -0.339 e. The van der Waals surface area contributed by atoms with Gasteiger partial charge in [-0.15, -0.1) is 23.7 Å². The Bertz CT molecular complexity index is 601. The number of nitrogens with two attached hydrogens (primary N) is 1. The van der Waals surface area contributed by atoms with E-state index >= 15 is 0 Å². The van der Waals surface area contributed by atoms with Crippen LogP contribution in [0.3, 0.4) is 0 Å². The maximum absolute atomic E-state index is 12.6. The number of hydrogen-bond acceptors (Lipinski definition) is 3. The van der Waals surface area contributed by atoms with Crippen molar-refractivity contribution in [1.29, 1.82) is 0 Å². The number of amides is 1. The molecule has 0 aliphatic carbocycles. The normalized spacial score (nSPS) is 13.1. The van der Waals surface area contributed by atoms with Gasteiger partial charge in [0.1, 0.15) is 5.54 Å². The molecule has 6 heteroatoms. The van der Waals surface area contributed by atoms with Crippen molar-refractivity contribution in [1.82, 2.24) is 4.90 Å². The van der Waals surface area contributed by atoms with E-state index in [1.807, 2.05) is 42.5 Å². The largest absolute Gasteiger partial charge is 0.339 e. The highest BCUT2D eigenvalue weighted by atomic mass is 79.9. The maximum atomic E-state index is 12.6. The summed E-state index contributed by atoms with van der Waals surface area (Å²) in [7, 11) is 1.78. The Morgan fingerprint density at radius 2 is 1.90 bits per heavy atom. The van der Waals surface area contributed by atoms with E-state index in [0.717, 1.165) is 14.2 Å². The summed E-state index contributed by atoms with van der Waals surface area (Å²) in [4.78, 5) is 15.4. The van der Waals surface area contributed by atoms with Gasteiger partial charge in [-0.05, 0) is 40.5 Å². The summed E-state index contributed by atoms with van der Waals surface area (Å²) in [5.74, 6) is -0.0896. The van der Waals surface area contributed by atoms with Gasteiger partial charge in [0.25, 0.3) is 0 Å².